The smallest absolute Gasteiger partial charge is 0.260 e. The van der Waals surface area contributed by atoms with Gasteiger partial charge in [0.05, 0.1) is 74.7 Å². The third-order valence-corrected chi connectivity index (χ3v) is 13.1. The first-order valence-electron chi connectivity index (χ1n) is 21.4. The Hall–Kier alpha value is -5.31. The second-order valence-electron chi connectivity index (χ2n) is 17.1. The largest absolute Gasteiger partial charge is 0.493 e. The van der Waals surface area contributed by atoms with Gasteiger partial charge in [0.25, 0.3) is 11.8 Å². The number of β-amino-alcohol motifs (C(OH)–C–C–N with tert-alkyl or cyclic N) is 1. The van der Waals surface area contributed by atoms with E-state index in [0.717, 1.165) is 87.3 Å². The van der Waals surface area contributed by atoms with Crippen molar-refractivity contribution in [2.75, 3.05) is 90.1 Å². The number of rotatable bonds is 15. The molecule has 3 aromatic carbocycles. The van der Waals surface area contributed by atoms with Crippen molar-refractivity contribution in [3.63, 3.8) is 0 Å². The van der Waals surface area contributed by atoms with Crippen LogP contribution < -0.4 is 29.2 Å². The first-order valence-corrected chi connectivity index (χ1v) is 21.4. The molecule has 2 saturated heterocycles. The van der Waals surface area contributed by atoms with Crippen LogP contribution in [0.1, 0.15) is 71.2 Å². The summed E-state index contributed by atoms with van der Waals surface area (Å²) in [5.41, 5.74) is 6.15. The summed E-state index contributed by atoms with van der Waals surface area (Å²) in [5.74, 6) is 2.16. The zero-order chi connectivity index (χ0) is 41.4. The number of nitrogens with zero attached hydrogens (tertiary/aromatic N) is 5. The molecule has 0 aromatic heterocycles. The van der Waals surface area contributed by atoms with Gasteiger partial charge in [0, 0.05) is 76.0 Å². The fourth-order valence-corrected chi connectivity index (χ4v) is 9.38. The highest BCUT2D eigenvalue weighted by molar-refractivity contribution is 6.04. The van der Waals surface area contributed by atoms with E-state index in [0.29, 0.717) is 71.5 Å². The molecular formula is C46H56N6O8. The molecule has 1 spiro atoms. The lowest BCUT2D eigenvalue weighted by Gasteiger charge is -2.36. The maximum absolute atomic E-state index is 14.0. The summed E-state index contributed by atoms with van der Waals surface area (Å²) in [7, 11) is 3.18. The molecule has 6 aliphatic rings. The second-order valence-corrected chi connectivity index (χ2v) is 17.1. The molecule has 9 rings (SSSR count). The number of hydrogen-bond acceptors (Lipinski definition) is 12. The Kier molecular flexibility index (Phi) is 11.4. The minimum atomic E-state index is -0.702. The summed E-state index contributed by atoms with van der Waals surface area (Å²) >= 11 is 0. The Bertz CT molecular complexity index is 2150. The van der Waals surface area contributed by atoms with E-state index >= 15 is 0 Å². The fraction of sp³-hybridized carbons (Fsp3) is 0.500. The Morgan fingerprint density at radius 3 is 2.25 bits per heavy atom. The predicted molar refractivity (Wildman–Crippen MR) is 229 cm³/mol. The lowest BCUT2D eigenvalue weighted by Crippen LogP contribution is -2.49. The topological polar surface area (TPSA) is 149 Å². The summed E-state index contributed by atoms with van der Waals surface area (Å²) in [4.78, 5) is 40.5. The zero-order valence-corrected chi connectivity index (χ0v) is 34.6. The number of ether oxygens (including phenoxy) is 4. The zero-order valence-electron chi connectivity index (χ0n) is 34.6. The molecular weight excluding hydrogens is 765 g/mol. The van der Waals surface area contributed by atoms with Gasteiger partial charge in [0.15, 0.2) is 23.0 Å². The third-order valence-electron chi connectivity index (χ3n) is 13.1. The van der Waals surface area contributed by atoms with Gasteiger partial charge < -0.3 is 49.2 Å². The van der Waals surface area contributed by atoms with E-state index < -0.39 is 6.10 Å². The first kappa shape index (κ1) is 40.1. The number of carbonyl (C=O) groups excluding carboxylic acids is 2. The number of nitrogens with one attached hydrogen (secondary N) is 1. The van der Waals surface area contributed by atoms with Crippen LogP contribution >= 0.6 is 0 Å². The summed E-state index contributed by atoms with van der Waals surface area (Å²) in [6, 6.07) is 15.8. The molecule has 3 fully saturated rings. The molecule has 2 amide bonds. The molecule has 1 saturated carbocycles. The number of carbonyl (C=O) groups is 2. The SMILES string of the molecule is COc1cc2c(cc1OCCCCCOc1cc3c(cc1OC)C(=O)N1C=C(c4ccc(N5CCN(C[C@@H](O)CO)CC5)cc4)C[C@H]1CN3)N=C[C@@H]1CC3(CC3)CN1C2=O. The van der Waals surface area contributed by atoms with Gasteiger partial charge in [-0.1, -0.05) is 12.1 Å². The summed E-state index contributed by atoms with van der Waals surface area (Å²) < 4.78 is 23.7. The van der Waals surface area contributed by atoms with Gasteiger partial charge in [-0.15, -0.1) is 0 Å². The minimum absolute atomic E-state index is 0.0153. The van der Waals surface area contributed by atoms with E-state index in [2.05, 4.69) is 39.4 Å². The number of piperazine rings is 1. The van der Waals surface area contributed by atoms with Crippen molar-refractivity contribution < 1.29 is 38.7 Å². The second kappa shape index (κ2) is 17.0. The molecule has 60 heavy (non-hydrogen) atoms. The van der Waals surface area contributed by atoms with Gasteiger partial charge >= 0.3 is 0 Å². The summed E-state index contributed by atoms with van der Waals surface area (Å²) in [6.07, 6.45) is 9.82. The lowest BCUT2D eigenvalue weighted by atomic mass is 10.0. The number of amides is 2. The van der Waals surface area contributed by atoms with Gasteiger partial charge in [0.2, 0.25) is 0 Å². The molecule has 1 aliphatic carbocycles. The fourth-order valence-electron chi connectivity index (χ4n) is 9.38. The molecule has 5 heterocycles. The molecule has 0 radical (unpaired) electrons. The van der Waals surface area contributed by atoms with Crippen molar-refractivity contribution >= 4 is 40.7 Å². The molecule has 14 heteroatoms. The number of benzene rings is 3. The van der Waals surface area contributed by atoms with Crippen LogP contribution in [-0.4, -0.2) is 141 Å². The molecule has 0 unspecified atom stereocenters. The predicted octanol–water partition coefficient (Wildman–Crippen LogP) is 5.20. The number of unbranched alkanes of at least 4 members (excludes halogenated alkanes) is 2. The van der Waals surface area contributed by atoms with Gasteiger partial charge in [-0.25, -0.2) is 0 Å². The quantitative estimate of drug-likeness (QED) is 0.174. The van der Waals surface area contributed by atoms with Gasteiger partial charge in [-0.3, -0.25) is 19.5 Å². The van der Waals surface area contributed by atoms with Crippen LogP contribution in [-0.2, 0) is 0 Å². The van der Waals surface area contributed by atoms with Crippen molar-refractivity contribution in [3.8, 4) is 23.0 Å². The van der Waals surface area contributed by atoms with Crippen LogP contribution in [0.25, 0.3) is 5.57 Å². The van der Waals surface area contributed by atoms with Crippen LogP contribution in [0.3, 0.4) is 0 Å². The summed E-state index contributed by atoms with van der Waals surface area (Å²) in [6.45, 7) is 6.03. The molecule has 3 N–H and O–H groups in total. The van der Waals surface area contributed by atoms with Crippen LogP contribution in [0.2, 0.25) is 0 Å². The number of hydrogen-bond donors (Lipinski definition) is 3. The van der Waals surface area contributed by atoms with Crippen LogP contribution in [0.15, 0.2) is 59.7 Å². The number of aliphatic hydroxyl groups excluding tert-OH is 2. The van der Waals surface area contributed by atoms with E-state index in [9.17, 15) is 19.8 Å². The van der Waals surface area contributed by atoms with Crippen LogP contribution in [0, 0.1) is 5.41 Å². The molecule has 318 valence electrons. The van der Waals surface area contributed by atoms with Gasteiger partial charge in [-0.2, -0.15) is 0 Å². The van der Waals surface area contributed by atoms with Crippen molar-refractivity contribution in [2.24, 2.45) is 10.4 Å². The molecule has 14 nitrogen and oxygen atoms in total. The number of anilines is 2. The van der Waals surface area contributed by atoms with Crippen molar-refractivity contribution in [3.05, 3.63) is 71.4 Å². The van der Waals surface area contributed by atoms with E-state index in [1.54, 1.807) is 26.4 Å². The van der Waals surface area contributed by atoms with E-state index in [1.807, 2.05) is 34.3 Å². The highest BCUT2D eigenvalue weighted by Crippen LogP contribution is 2.55. The third kappa shape index (κ3) is 8.12. The maximum atomic E-state index is 14.0. The van der Waals surface area contributed by atoms with Crippen molar-refractivity contribution in [2.45, 2.75) is 63.1 Å². The molecule has 5 aliphatic heterocycles. The Morgan fingerprint density at radius 2 is 1.57 bits per heavy atom. The number of aliphatic imine (C=N–C) groups is 1. The van der Waals surface area contributed by atoms with Crippen LogP contribution in [0.4, 0.5) is 17.1 Å². The van der Waals surface area contributed by atoms with Gasteiger partial charge in [-0.05, 0) is 85.8 Å². The van der Waals surface area contributed by atoms with E-state index in [1.165, 1.54) is 12.8 Å². The Morgan fingerprint density at radius 1 is 0.867 bits per heavy atom. The normalized spacial score (nSPS) is 21.9. The maximum Gasteiger partial charge on any atom is 0.260 e. The Labute approximate surface area is 351 Å². The average molecular weight is 821 g/mol. The van der Waals surface area contributed by atoms with Crippen LogP contribution in [0.5, 0.6) is 23.0 Å². The lowest BCUT2D eigenvalue weighted by molar-refractivity contribution is 0.0575. The average Bonchev–Trinajstić information content (AvgIpc) is 3.81. The molecule has 0 bridgehead atoms. The number of methoxy groups -OCH3 is 2. The van der Waals surface area contributed by atoms with Gasteiger partial charge in [0.1, 0.15) is 0 Å². The van der Waals surface area contributed by atoms with Crippen molar-refractivity contribution in [1.29, 1.82) is 0 Å². The summed E-state index contributed by atoms with van der Waals surface area (Å²) in [5, 5.41) is 22.5. The van der Waals surface area contributed by atoms with E-state index in [-0.39, 0.29) is 30.5 Å². The first-order chi connectivity index (χ1) is 29.2. The minimum Gasteiger partial charge on any atom is -0.493 e. The van der Waals surface area contributed by atoms with Crippen molar-refractivity contribution in [1.82, 2.24) is 14.7 Å². The highest BCUT2D eigenvalue weighted by atomic mass is 16.5. The monoisotopic (exact) mass is 820 g/mol. The number of aliphatic hydroxyl groups is 2. The number of fused-ring (bicyclic) bond motifs is 4. The molecule has 3 atom stereocenters. The van der Waals surface area contributed by atoms with E-state index in [4.69, 9.17) is 23.9 Å². The Balaban J connectivity index is 0.760. The molecule has 3 aromatic rings. The standard InChI is InChI=1S/C46H56N6O8/c1-57-40-19-36-38(47-24-33-18-31(26-51(33)44(36)55)30-6-8-32(9-7-30)50-14-12-49(13-15-50)27-35(54)28-53)21-42(40)59-16-4-3-5-17-60-43-22-39-37(20-41(43)58-2)45(56)52-29-46(10-11-46)23-34(52)25-48-39/h6-9,19-22,25-26,33-35,47,53-54H,3-5,10-18,23-24,27-29H2,1-2H3/t33-,34-,35+/m0/s1. The highest BCUT2D eigenvalue weighted by Gasteiger charge is 2.53.